The summed E-state index contributed by atoms with van der Waals surface area (Å²) >= 11 is 5.77. The first kappa shape index (κ1) is 19.7. The number of thiocarbonyl (C=S) groups is 1. The van der Waals surface area contributed by atoms with E-state index in [-0.39, 0.29) is 5.91 Å². The molecule has 5 heteroatoms. The van der Waals surface area contributed by atoms with Gasteiger partial charge in [-0.05, 0) is 62.5 Å². The summed E-state index contributed by atoms with van der Waals surface area (Å²) in [6, 6.07) is 6.81. The van der Waals surface area contributed by atoms with Gasteiger partial charge in [0.05, 0.1) is 0 Å². The van der Waals surface area contributed by atoms with Crippen LogP contribution in [0.15, 0.2) is 18.2 Å². The lowest BCUT2D eigenvalue weighted by atomic mass is 10.0. The van der Waals surface area contributed by atoms with E-state index in [1.807, 2.05) is 4.90 Å². The second kappa shape index (κ2) is 9.18. The van der Waals surface area contributed by atoms with Gasteiger partial charge in [0.25, 0.3) is 0 Å². The summed E-state index contributed by atoms with van der Waals surface area (Å²) in [6.45, 7) is 10.7. The van der Waals surface area contributed by atoms with Crippen LogP contribution in [0.4, 0.5) is 5.69 Å². The van der Waals surface area contributed by atoms with Crippen LogP contribution in [0.5, 0.6) is 0 Å². The van der Waals surface area contributed by atoms with Crippen molar-refractivity contribution in [3.05, 3.63) is 29.3 Å². The Hall–Kier alpha value is -1.62. The Morgan fingerprint density at radius 3 is 2.60 bits per heavy atom. The molecule has 0 spiro atoms. The maximum absolute atomic E-state index is 11.6. The minimum atomic E-state index is 0.176. The van der Waals surface area contributed by atoms with Crippen molar-refractivity contribution in [1.29, 1.82) is 0 Å². The molecule has 1 amide bonds. The zero-order chi connectivity index (χ0) is 18.4. The number of carbonyl (C=O) groups excluding carboxylic acids is 1. The lowest BCUT2D eigenvalue weighted by molar-refractivity contribution is -0.130. The summed E-state index contributed by atoms with van der Waals surface area (Å²) in [7, 11) is 0. The molecule has 1 aliphatic rings. The molecular weight excluding hydrogens is 330 g/mol. The van der Waals surface area contributed by atoms with Crippen molar-refractivity contribution in [2.24, 2.45) is 0 Å². The van der Waals surface area contributed by atoms with Gasteiger partial charge in [-0.1, -0.05) is 25.5 Å². The van der Waals surface area contributed by atoms with Crippen molar-refractivity contribution in [2.75, 3.05) is 25.0 Å². The second-order valence-corrected chi connectivity index (χ2v) is 7.42. The summed E-state index contributed by atoms with van der Waals surface area (Å²) in [6.07, 6.45) is 4.24. The van der Waals surface area contributed by atoms with Crippen molar-refractivity contribution in [1.82, 2.24) is 9.80 Å². The number of anilines is 1. The first-order chi connectivity index (χ1) is 11.9. The number of piperidine rings is 1. The highest BCUT2D eigenvalue weighted by molar-refractivity contribution is 7.80. The van der Waals surface area contributed by atoms with Crippen LogP contribution in [0.1, 0.15) is 50.7 Å². The minimum Gasteiger partial charge on any atom is -0.346 e. The molecule has 1 aliphatic heterocycles. The lowest BCUT2D eigenvalue weighted by Gasteiger charge is -2.39. The molecule has 25 heavy (non-hydrogen) atoms. The topological polar surface area (TPSA) is 35.6 Å². The normalized spacial score (nSPS) is 15.1. The van der Waals surface area contributed by atoms with Crippen LogP contribution in [0.25, 0.3) is 0 Å². The molecule has 2 rings (SSSR count). The summed E-state index contributed by atoms with van der Waals surface area (Å²) in [5.74, 6) is 0.176. The SMILES string of the molecule is CCCCN(C(=S)Nc1cc(C)ccc1C)C1CCN(C(C)=O)CC1. The van der Waals surface area contributed by atoms with Crippen LogP contribution < -0.4 is 5.32 Å². The van der Waals surface area contributed by atoms with Gasteiger partial charge in [-0.25, -0.2) is 0 Å². The molecule has 1 saturated heterocycles. The van der Waals surface area contributed by atoms with Crippen molar-refractivity contribution in [3.8, 4) is 0 Å². The first-order valence-corrected chi connectivity index (χ1v) is 9.73. The molecule has 4 nitrogen and oxygen atoms in total. The number of unbranched alkanes of at least 4 members (excludes halogenated alkanes) is 1. The van der Waals surface area contributed by atoms with E-state index in [0.29, 0.717) is 6.04 Å². The Balaban J connectivity index is 2.07. The molecule has 0 unspecified atom stereocenters. The predicted molar refractivity (Wildman–Crippen MR) is 109 cm³/mol. The second-order valence-electron chi connectivity index (χ2n) is 7.03. The summed E-state index contributed by atoms with van der Waals surface area (Å²) in [5, 5.41) is 4.28. The van der Waals surface area contributed by atoms with E-state index in [4.69, 9.17) is 12.2 Å². The third-order valence-corrected chi connectivity index (χ3v) is 5.34. The molecule has 0 bridgehead atoms. The summed E-state index contributed by atoms with van der Waals surface area (Å²) in [4.78, 5) is 15.9. The monoisotopic (exact) mass is 361 g/mol. The van der Waals surface area contributed by atoms with Crippen LogP contribution in [-0.2, 0) is 4.79 Å². The Morgan fingerprint density at radius 1 is 1.32 bits per heavy atom. The van der Waals surface area contributed by atoms with Crippen LogP contribution in [-0.4, -0.2) is 46.5 Å². The maximum atomic E-state index is 11.6. The van der Waals surface area contributed by atoms with E-state index in [2.05, 4.69) is 49.2 Å². The Morgan fingerprint density at radius 2 is 2.00 bits per heavy atom. The van der Waals surface area contributed by atoms with Crippen molar-refractivity contribution < 1.29 is 4.79 Å². The fraction of sp³-hybridized carbons (Fsp3) is 0.600. The standard InChI is InChI=1S/C20H31N3OS/c1-5-6-11-23(18-9-12-22(13-10-18)17(4)24)20(25)21-19-14-15(2)7-8-16(19)3/h7-8,14,18H,5-6,9-13H2,1-4H3,(H,21,25). The number of likely N-dealkylation sites (tertiary alicyclic amines) is 1. The van der Waals surface area contributed by atoms with Gasteiger partial charge in [0.1, 0.15) is 0 Å². The molecule has 1 aromatic rings. The van der Waals surface area contributed by atoms with E-state index < -0.39 is 0 Å². The lowest BCUT2D eigenvalue weighted by Crippen LogP contribution is -2.49. The number of aryl methyl sites for hydroxylation is 2. The fourth-order valence-corrected chi connectivity index (χ4v) is 3.68. The van der Waals surface area contributed by atoms with E-state index in [1.54, 1.807) is 6.92 Å². The minimum absolute atomic E-state index is 0.176. The molecule has 138 valence electrons. The maximum Gasteiger partial charge on any atom is 0.219 e. The van der Waals surface area contributed by atoms with Gasteiger partial charge in [-0.15, -0.1) is 0 Å². The van der Waals surface area contributed by atoms with Crippen LogP contribution >= 0.6 is 12.2 Å². The molecule has 1 aromatic carbocycles. The molecule has 1 N–H and O–H groups in total. The predicted octanol–water partition coefficient (Wildman–Crippen LogP) is 4.11. The van der Waals surface area contributed by atoms with Gasteiger partial charge >= 0.3 is 0 Å². The molecular formula is C20H31N3OS. The van der Waals surface area contributed by atoms with Gasteiger partial charge < -0.3 is 15.1 Å². The summed E-state index contributed by atoms with van der Waals surface area (Å²) in [5.41, 5.74) is 3.52. The highest BCUT2D eigenvalue weighted by Gasteiger charge is 2.27. The smallest absolute Gasteiger partial charge is 0.219 e. The number of nitrogens with one attached hydrogen (secondary N) is 1. The molecule has 0 radical (unpaired) electrons. The summed E-state index contributed by atoms with van der Waals surface area (Å²) < 4.78 is 0. The van der Waals surface area contributed by atoms with Crippen molar-refractivity contribution in [3.63, 3.8) is 0 Å². The molecule has 0 aromatic heterocycles. The quantitative estimate of drug-likeness (QED) is 0.801. The zero-order valence-corrected chi connectivity index (χ0v) is 16.8. The highest BCUT2D eigenvalue weighted by Crippen LogP contribution is 2.21. The van der Waals surface area contributed by atoms with Crippen LogP contribution in [0.2, 0.25) is 0 Å². The van der Waals surface area contributed by atoms with E-state index in [0.717, 1.165) is 56.1 Å². The van der Waals surface area contributed by atoms with Crippen molar-refractivity contribution in [2.45, 2.75) is 59.4 Å². The van der Waals surface area contributed by atoms with Gasteiger partial charge in [-0.3, -0.25) is 4.79 Å². The van der Waals surface area contributed by atoms with Crippen LogP contribution in [0, 0.1) is 13.8 Å². The molecule has 1 fully saturated rings. The number of hydrogen-bond acceptors (Lipinski definition) is 2. The Kier molecular flexibility index (Phi) is 7.24. The van der Waals surface area contributed by atoms with Crippen LogP contribution in [0.3, 0.4) is 0 Å². The first-order valence-electron chi connectivity index (χ1n) is 9.32. The molecule has 0 atom stereocenters. The van der Waals surface area contributed by atoms with E-state index in [1.165, 1.54) is 11.1 Å². The van der Waals surface area contributed by atoms with Gasteiger partial charge in [0, 0.05) is 38.3 Å². The average Bonchev–Trinajstić information content (AvgIpc) is 2.59. The van der Waals surface area contributed by atoms with E-state index >= 15 is 0 Å². The third-order valence-electron chi connectivity index (χ3n) is 5.00. The van der Waals surface area contributed by atoms with E-state index in [9.17, 15) is 4.79 Å². The number of rotatable bonds is 5. The number of amides is 1. The Labute approximate surface area is 157 Å². The third kappa shape index (κ3) is 5.43. The van der Waals surface area contributed by atoms with Gasteiger partial charge in [-0.2, -0.15) is 0 Å². The number of nitrogens with zero attached hydrogens (tertiary/aromatic N) is 2. The number of carbonyl (C=O) groups is 1. The van der Waals surface area contributed by atoms with Crippen molar-refractivity contribution >= 4 is 28.9 Å². The molecule has 0 aliphatic carbocycles. The fourth-order valence-electron chi connectivity index (χ4n) is 3.33. The largest absolute Gasteiger partial charge is 0.346 e. The number of benzene rings is 1. The Bertz CT molecular complexity index is 609. The number of hydrogen-bond donors (Lipinski definition) is 1. The highest BCUT2D eigenvalue weighted by atomic mass is 32.1. The molecule has 0 saturated carbocycles. The zero-order valence-electron chi connectivity index (χ0n) is 16.0. The van der Waals surface area contributed by atoms with Gasteiger partial charge in [0.2, 0.25) is 5.91 Å². The molecule has 1 heterocycles. The average molecular weight is 362 g/mol. The van der Waals surface area contributed by atoms with Gasteiger partial charge in [0.15, 0.2) is 5.11 Å².